The third-order valence-electron chi connectivity index (χ3n) is 5.54. The second-order valence-corrected chi connectivity index (χ2v) is 9.11. The Labute approximate surface area is 192 Å². The van der Waals surface area contributed by atoms with Gasteiger partial charge in [-0.1, -0.05) is 86.1 Å². The van der Waals surface area contributed by atoms with Gasteiger partial charge in [-0.25, -0.2) is 4.98 Å². The van der Waals surface area contributed by atoms with Crippen LogP contribution in [0.4, 0.5) is 5.13 Å². The van der Waals surface area contributed by atoms with Crippen LogP contribution in [0.3, 0.4) is 0 Å². The molecular formula is C27H26N2O2S. The van der Waals surface area contributed by atoms with Crippen molar-refractivity contribution in [3.63, 3.8) is 0 Å². The second-order valence-electron chi connectivity index (χ2n) is 8.26. The SMILES string of the molecule is Cc1ccc(-c2csc(NC(=O)COc3ccc(C(C)(C)c4ccccc4)cc3)n2)cc1. The summed E-state index contributed by atoms with van der Waals surface area (Å²) in [5.74, 6) is 0.427. The zero-order valence-corrected chi connectivity index (χ0v) is 19.3. The fraction of sp³-hybridized carbons (Fsp3) is 0.185. The van der Waals surface area contributed by atoms with E-state index in [1.54, 1.807) is 0 Å². The predicted molar refractivity (Wildman–Crippen MR) is 131 cm³/mol. The summed E-state index contributed by atoms with van der Waals surface area (Å²) in [7, 11) is 0. The Kier molecular flexibility index (Phi) is 6.37. The molecule has 4 nitrogen and oxygen atoms in total. The third kappa shape index (κ3) is 5.06. The van der Waals surface area contributed by atoms with E-state index in [-0.39, 0.29) is 17.9 Å². The summed E-state index contributed by atoms with van der Waals surface area (Å²) in [4.78, 5) is 16.8. The van der Waals surface area contributed by atoms with E-state index < -0.39 is 0 Å². The molecule has 4 aromatic rings. The molecule has 0 bridgehead atoms. The van der Waals surface area contributed by atoms with E-state index in [2.05, 4.69) is 60.5 Å². The first-order chi connectivity index (χ1) is 15.4. The van der Waals surface area contributed by atoms with Crippen molar-refractivity contribution >= 4 is 22.4 Å². The molecule has 162 valence electrons. The molecule has 0 saturated carbocycles. The molecule has 1 aromatic heterocycles. The van der Waals surface area contributed by atoms with Gasteiger partial charge in [0, 0.05) is 16.4 Å². The molecule has 5 heteroatoms. The number of ether oxygens (including phenoxy) is 1. The van der Waals surface area contributed by atoms with Crippen molar-refractivity contribution in [3.8, 4) is 17.0 Å². The number of nitrogens with zero attached hydrogens (tertiary/aromatic N) is 1. The molecular weight excluding hydrogens is 416 g/mol. The van der Waals surface area contributed by atoms with Crippen molar-refractivity contribution in [2.75, 3.05) is 11.9 Å². The lowest BCUT2D eigenvalue weighted by Crippen LogP contribution is -2.20. The number of aromatic nitrogens is 1. The van der Waals surface area contributed by atoms with E-state index in [0.717, 1.165) is 11.3 Å². The maximum absolute atomic E-state index is 12.3. The van der Waals surface area contributed by atoms with Gasteiger partial charge >= 0.3 is 0 Å². The van der Waals surface area contributed by atoms with Gasteiger partial charge in [-0.15, -0.1) is 11.3 Å². The first-order valence-corrected chi connectivity index (χ1v) is 11.4. The van der Waals surface area contributed by atoms with Gasteiger partial charge in [-0.2, -0.15) is 0 Å². The number of hydrogen-bond donors (Lipinski definition) is 1. The zero-order valence-electron chi connectivity index (χ0n) is 18.5. The van der Waals surface area contributed by atoms with Crippen molar-refractivity contribution in [2.24, 2.45) is 0 Å². The van der Waals surface area contributed by atoms with Crippen molar-refractivity contribution in [1.29, 1.82) is 0 Å². The van der Waals surface area contributed by atoms with Crippen LogP contribution >= 0.6 is 11.3 Å². The zero-order chi connectivity index (χ0) is 22.6. The van der Waals surface area contributed by atoms with Crippen LogP contribution in [0.2, 0.25) is 0 Å². The van der Waals surface area contributed by atoms with E-state index >= 15 is 0 Å². The summed E-state index contributed by atoms with van der Waals surface area (Å²) < 4.78 is 5.68. The molecule has 0 spiro atoms. The Bertz CT molecular complexity index is 1180. The topological polar surface area (TPSA) is 51.2 Å². The summed E-state index contributed by atoms with van der Waals surface area (Å²) in [5.41, 5.74) is 5.40. The Morgan fingerprint density at radius 3 is 2.28 bits per heavy atom. The highest BCUT2D eigenvalue weighted by Crippen LogP contribution is 2.32. The number of benzene rings is 3. The third-order valence-corrected chi connectivity index (χ3v) is 6.30. The lowest BCUT2D eigenvalue weighted by atomic mass is 9.78. The maximum Gasteiger partial charge on any atom is 0.264 e. The number of carbonyl (C=O) groups is 1. The molecule has 0 aliphatic heterocycles. The summed E-state index contributed by atoms with van der Waals surface area (Å²) in [6.07, 6.45) is 0. The smallest absolute Gasteiger partial charge is 0.264 e. The number of hydrogen-bond acceptors (Lipinski definition) is 4. The van der Waals surface area contributed by atoms with Gasteiger partial charge < -0.3 is 4.74 Å². The van der Waals surface area contributed by atoms with Crippen LogP contribution in [0.15, 0.2) is 84.2 Å². The Hall–Kier alpha value is -3.44. The molecule has 0 fully saturated rings. The van der Waals surface area contributed by atoms with Gasteiger partial charge in [-0.3, -0.25) is 10.1 Å². The first kappa shape index (κ1) is 21.8. The monoisotopic (exact) mass is 442 g/mol. The van der Waals surface area contributed by atoms with Gasteiger partial charge in [0.25, 0.3) is 5.91 Å². The fourth-order valence-electron chi connectivity index (χ4n) is 3.48. The minimum Gasteiger partial charge on any atom is -0.484 e. The van der Waals surface area contributed by atoms with Crippen LogP contribution in [0.25, 0.3) is 11.3 Å². The van der Waals surface area contributed by atoms with Crippen LogP contribution in [0, 0.1) is 6.92 Å². The second kappa shape index (κ2) is 9.37. The summed E-state index contributed by atoms with van der Waals surface area (Å²) in [6.45, 7) is 6.38. The molecule has 0 saturated heterocycles. The molecule has 0 atom stereocenters. The van der Waals surface area contributed by atoms with Gasteiger partial charge in [-0.05, 0) is 30.2 Å². The molecule has 32 heavy (non-hydrogen) atoms. The average Bonchev–Trinajstić information content (AvgIpc) is 3.27. The summed E-state index contributed by atoms with van der Waals surface area (Å²) in [6, 6.07) is 26.5. The van der Waals surface area contributed by atoms with Crippen LogP contribution < -0.4 is 10.1 Å². The van der Waals surface area contributed by atoms with E-state index in [1.165, 1.54) is 28.0 Å². The Balaban J connectivity index is 1.33. The standard InChI is InChI=1S/C27H26N2O2S/c1-19-9-11-20(12-10-19)24-18-32-26(28-24)29-25(30)17-31-23-15-13-22(14-16-23)27(2,3)21-7-5-4-6-8-21/h4-16,18H,17H2,1-3H3,(H,28,29,30). The van der Waals surface area contributed by atoms with Gasteiger partial charge in [0.2, 0.25) is 0 Å². The van der Waals surface area contributed by atoms with E-state index in [4.69, 9.17) is 4.74 Å². The minimum absolute atomic E-state index is 0.0686. The molecule has 0 unspecified atom stereocenters. The van der Waals surface area contributed by atoms with Crippen LogP contribution in [-0.2, 0) is 10.2 Å². The summed E-state index contributed by atoms with van der Waals surface area (Å²) >= 11 is 1.40. The highest BCUT2D eigenvalue weighted by molar-refractivity contribution is 7.14. The predicted octanol–water partition coefficient (Wildman–Crippen LogP) is 6.46. The van der Waals surface area contributed by atoms with Crippen molar-refractivity contribution in [1.82, 2.24) is 4.98 Å². The number of carbonyl (C=O) groups excluding carboxylic acids is 1. The number of thiazole rings is 1. The lowest BCUT2D eigenvalue weighted by molar-refractivity contribution is -0.118. The Morgan fingerprint density at radius 2 is 1.59 bits per heavy atom. The normalized spacial score (nSPS) is 11.2. The molecule has 1 heterocycles. The highest BCUT2D eigenvalue weighted by Gasteiger charge is 2.22. The molecule has 1 amide bonds. The molecule has 0 radical (unpaired) electrons. The minimum atomic E-state index is -0.233. The fourth-order valence-corrected chi connectivity index (χ4v) is 4.22. The number of rotatable bonds is 7. The highest BCUT2D eigenvalue weighted by atomic mass is 32.1. The van der Waals surface area contributed by atoms with Crippen molar-refractivity contribution in [3.05, 3.63) is 101 Å². The first-order valence-electron chi connectivity index (χ1n) is 10.5. The molecule has 0 aliphatic rings. The van der Waals surface area contributed by atoms with Crippen molar-refractivity contribution in [2.45, 2.75) is 26.2 Å². The maximum atomic E-state index is 12.3. The Morgan fingerprint density at radius 1 is 0.938 bits per heavy atom. The van der Waals surface area contributed by atoms with Crippen LogP contribution in [-0.4, -0.2) is 17.5 Å². The largest absolute Gasteiger partial charge is 0.484 e. The summed E-state index contributed by atoms with van der Waals surface area (Å²) in [5, 5.41) is 5.32. The van der Waals surface area contributed by atoms with Gasteiger partial charge in [0.05, 0.1) is 5.69 Å². The molecule has 4 rings (SSSR count). The number of amides is 1. The van der Waals surface area contributed by atoms with Crippen LogP contribution in [0.1, 0.15) is 30.5 Å². The number of aryl methyl sites for hydroxylation is 1. The molecule has 0 aliphatic carbocycles. The van der Waals surface area contributed by atoms with E-state index in [1.807, 2.05) is 54.8 Å². The van der Waals surface area contributed by atoms with Gasteiger partial charge in [0.15, 0.2) is 11.7 Å². The molecule has 1 N–H and O–H groups in total. The molecule has 3 aromatic carbocycles. The van der Waals surface area contributed by atoms with Crippen LogP contribution in [0.5, 0.6) is 5.75 Å². The average molecular weight is 443 g/mol. The van der Waals surface area contributed by atoms with E-state index in [0.29, 0.717) is 10.9 Å². The number of anilines is 1. The van der Waals surface area contributed by atoms with Crippen molar-refractivity contribution < 1.29 is 9.53 Å². The van der Waals surface area contributed by atoms with Gasteiger partial charge in [0.1, 0.15) is 5.75 Å². The number of nitrogens with one attached hydrogen (secondary N) is 1. The quantitative estimate of drug-likeness (QED) is 0.357. The van der Waals surface area contributed by atoms with E-state index in [9.17, 15) is 4.79 Å². The lowest BCUT2D eigenvalue weighted by Gasteiger charge is -2.26.